The molecule has 0 radical (unpaired) electrons. The van der Waals surface area contributed by atoms with Gasteiger partial charge in [0.2, 0.25) is 11.6 Å². The van der Waals surface area contributed by atoms with E-state index < -0.39 is 0 Å². The summed E-state index contributed by atoms with van der Waals surface area (Å²) in [5, 5.41) is 0.515. The second-order valence-electron chi connectivity index (χ2n) is 8.60. The average Bonchev–Trinajstić information content (AvgIpc) is 3.25. The molecule has 178 valence electrons. The van der Waals surface area contributed by atoms with Crippen molar-refractivity contribution in [3.8, 4) is 17.2 Å². The van der Waals surface area contributed by atoms with Crippen LogP contribution >= 0.6 is 11.6 Å². The molecule has 0 spiro atoms. The molecule has 33 heavy (non-hydrogen) atoms. The summed E-state index contributed by atoms with van der Waals surface area (Å²) in [7, 11) is 0. The Morgan fingerprint density at radius 1 is 0.939 bits per heavy atom. The van der Waals surface area contributed by atoms with E-state index in [0.29, 0.717) is 39.9 Å². The van der Waals surface area contributed by atoms with Crippen LogP contribution in [-0.4, -0.2) is 15.9 Å². The quantitative estimate of drug-likeness (QED) is 0.126. The van der Waals surface area contributed by atoms with Crippen LogP contribution in [0, 0.1) is 0 Å². The molecule has 2 heterocycles. The first-order valence-electron chi connectivity index (χ1n) is 12.4. The van der Waals surface area contributed by atoms with Crippen LogP contribution in [0.3, 0.4) is 0 Å². The molecule has 0 aliphatic rings. The van der Waals surface area contributed by atoms with Crippen LogP contribution in [-0.2, 0) is 4.79 Å². The predicted octanol–water partition coefficient (Wildman–Crippen LogP) is 8.54. The largest absolute Gasteiger partial charge is 0.426 e. The molecule has 0 N–H and O–H groups in total. The number of hydrogen-bond acceptors (Lipinski definition) is 5. The van der Waals surface area contributed by atoms with Crippen molar-refractivity contribution in [2.45, 2.75) is 90.4 Å². The molecule has 1 aromatic carbocycles. The summed E-state index contributed by atoms with van der Waals surface area (Å²) in [5.41, 5.74) is 1.62. The highest BCUT2D eigenvalue weighted by molar-refractivity contribution is 6.31. The van der Waals surface area contributed by atoms with Gasteiger partial charge in [-0.2, -0.15) is 0 Å². The summed E-state index contributed by atoms with van der Waals surface area (Å²) in [6.07, 6.45) is 17.2. The maximum absolute atomic E-state index is 12.4. The van der Waals surface area contributed by atoms with Crippen LogP contribution in [0.15, 0.2) is 40.9 Å². The minimum atomic E-state index is -0.250. The Labute approximate surface area is 201 Å². The molecule has 0 aliphatic carbocycles. The first-order valence-corrected chi connectivity index (χ1v) is 12.8. The second-order valence-corrected chi connectivity index (χ2v) is 9.04. The molecule has 3 aromatic rings. The number of halogens is 1. The molecule has 0 saturated carbocycles. The third-order valence-corrected chi connectivity index (χ3v) is 6.03. The minimum absolute atomic E-state index is 0.250. The van der Waals surface area contributed by atoms with E-state index in [0.717, 1.165) is 12.8 Å². The highest BCUT2D eigenvalue weighted by Gasteiger charge is 2.17. The van der Waals surface area contributed by atoms with Gasteiger partial charge in [0.25, 0.3) is 0 Å². The van der Waals surface area contributed by atoms with E-state index in [4.69, 9.17) is 20.8 Å². The van der Waals surface area contributed by atoms with Crippen molar-refractivity contribution >= 4 is 28.8 Å². The zero-order valence-electron chi connectivity index (χ0n) is 19.7. The molecule has 3 rings (SSSR count). The fourth-order valence-electron chi connectivity index (χ4n) is 3.93. The molecule has 0 fully saturated rings. The average molecular weight is 471 g/mol. The molecule has 6 heteroatoms. The van der Waals surface area contributed by atoms with Gasteiger partial charge < -0.3 is 9.15 Å². The summed E-state index contributed by atoms with van der Waals surface area (Å²) in [5.74, 6) is 0.481. The number of oxazole rings is 1. The summed E-state index contributed by atoms with van der Waals surface area (Å²) in [6, 6.07) is 8.68. The Kier molecular flexibility index (Phi) is 10.7. The second kappa shape index (κ2) is 14.0. The molecule has 0 atom stereocenters. The fraction of sp³-hybridized carbons (Fsp3) is 0.519. The van der Waals surface area contributed by atoms with E-state index in [9.17, 15) is 4.79 Å². The molecule has 5 nitrogen and oxygen atoms in total. The number of ether oxygens (including phenoxy) is 1. The number of unbranched alkanes of at least 4 members (excludes halogenated alkanes) is 11. The van der Waals surface area contributed by atoms with Crippen molar-refractivity contribution in [1.29, 1.82) is 0 Å². The van der Waals surface area contributed by atoms with Crippen molar-refractivity contribution in [3.63, 3.8) is 0 Å². The molecule has 0 saturated heterocycles. The van der Waals surface area contributed by atoms with Crippen molar-refractivity contribution in [2.24, 2.45) is 0 Å². The number of rotatable bonds is 15. The van der Waals surface area contributed by atoms with E-state index in [2.05, 4.69) is 16.9 Å². The van der Waals surface area contributed by atoms with Gasteiger partial charge in [-0.1, -0.05) is 89.2 Å². The SMILES string of the molecule is CCCCCCCCCCCCCCC(=O)Oc1ccc(Cl)cc1-c1nc2cccnc2o1. The highest BCUT2D eigenvalue weighted by atomic mass is 35.5. The lowest BCUT2D eigenvalue weighted by Crippen LogP contribution is -2.08. The number of pyridine rings is 1. The van der Waals surface area contributed by atoms with E-state index >= 15 is 0 Å². The van der Waals surface area contributed by atoms with E-state index in [1.807, 2.05) is 6.07 Å². The number of aromatic nitrogens is 2. The Morgan fingerprint density at radius 2 is 1.61 bits per heavy atom. The Balaban J connectivity index is 1.38. The van der Waals surface area contributed by atoms with Gasteiger partial charge in [0.15, 0.2) is 0 Å². The van der Waals surface area contributed by atoms with Gasteiger partial charge in [0.05, 0.1) is 5.56 Å². The monoisotopic (exact) mass is 470 g/mol. The maximum atomic E-state index is 12.4. The van der Waals surface area contributed by atoms with Crippen LogP contribution in [0.2, 0.25) is 5.02 Å². The summed E-state index contributed by atoms with van der Waals surface area (Å²) in [4.78, 5) is 21.0. The third kappa shape index (κ3) is 8.47. The van der Waals surface area contributed by atoms with Crippen LogP contribution in [0.1, 0.15) is 90.4 Å². The first kappa shape index (κ1) is 25.2. The van der Waals surface area contributed by atoms with Crippen molar-refractivity contribution in [1.82, 2.24) is 9.97 Å². The fourth-order valence-corrected chi connectivity index (χ4v) is 4.10. The summed E-state index contributed by atoms with van der Waals surface area (Å²) in [6.45, 7) is 2.26. The number of fused-ring (bicyclic) bond motifs is 1. The zero-order chi connectivity index (χ0) is 23.3. The van der Waals surface area contributed by atoms with Gasteiger partial charge in [0.1, 0.15) is 11.3 Å². The maximum Gasteiger partial charge on any atom is 0.311 e. The number of benzene rings is 1. The van der Waals surface area contributed by atoms with E-state index in [-0.39, 0.29) is 5.97 Å². The Bertz CT molecular complexity index is 969. The van der Waals surface area contributed by atoms with Crippen molar-refractivity contribution in [3.05, 3.63) is 41.6 Å². The number of nitrogens with zero attached hydrogens (tertiary/aromatic N) is 2. The van der Waals surface area contributed by atoms with Crippen LogP contribution in [0.5, 0.6) is 5.75 Å². The normalized spacial score (nSPS) is 11.2. The van der Waals surface area contributed by atoms with Gasteiger partial charge in [-0.3, -0.25) is 4.79 Å². The van der Waals surface area contributed by atoms with Gasteiger partial charge >= 0.3 is 5.97 Å². The molecule has 2 aromatic heterocycles. The Hall–Kier alpha value is -2.40. The predicted molar refractivity (Wildman–Crippen MR) is 134 cm³/mol. The van der Waals surface area contributed by atoms with Gasteiger partial charge in [-0.25, -0.2) is 9.97 Å². The van der Waals surface area contributed by atoms with E-state index in [1.54, 1.807) is 30.5 Å². The van der Waals surface area contributed by atoms with Crippen molar-refractivity contribution < 1.29 is 13.9 Å². The minimum Gasteiger partial charge on any atom is -0.426 e. The number of esters is 1. The van der Waals surface area contributed by atoms with Crippen molar-refractivity contribution in [2.75, 3.05) is 0 Å². The standard InChI is InChI=1S/C27H35ClN2O3/c1-2-3-4-5-6-7-8-9-10-11-12-13-16-25(31)32-24-18-17-21(28)20-22(24)26-30-23-15-14-19-29-27(23)33-26/h14-15,17-20H,2-13,16H2,1H3. The third-order valence-electron chi connectivity index (χ3n) is 5.80. The summed E-state index contributed by atoms with van der Waals surface area (Å²) < 4.78 is 11.4. The lowest BCUT2D eigenvalue weighted by atomic mass is 10.0. The number of hydrogen-bond donors (Lipinski definition) is 0. The topological polar surface area (TPSA) is 65.2 Å². The molecular weight excluding hydrogens is 436 g/mol. The number of carbonyl (C=O) groups excluding carboxylic acids is 1. The number of carbonyl (C=O) groups is 1. The first-order chi connectivity index (χ1) is 16.2. The molecular formula is C27H35ClN2O3. The van der Waals surface area contributed by atoms with Crippen LogP contribution in [0.4, 0.5) is 0 Å². The molecule has 0 unspecified atom stereocenters. The van der Waals surface area contributed by atoms with Crippen LogP contribution in [0.25, 0.3) is 22.7 Å². The van der Waals surface area contributed by atoms with E-state index in [1.165, 1.54) is 64.2 Å². The molecule has 0 bridgehead atoms. The van der Waals surface area contributed by atoms with Gasteiger partial charge in [0, 0.05) is 17.6 Å². The highest BCUT2D eigenvalue weighted by Crippen LogP contribution is 2.34. The summed E-state index contributed by atoms with van der Waals surface area (Å²) >= 11 is 6.17. The molecule has 0 aliphatic heterocycles. The Morgan fingerprint density at radius 3 is 2.27 bits per heavy atom. The molecule has 0 amide bonds. The lowest BCUT2D eigenvalue weighted by Gasteiger charge is -2.08. The van der Waals surface area contributed by atoms with Gasteiger partial charge in [-0.15, -0.1) is 0 Å². The van der Waals surface area contributed by atoms with Gasteiger partial charge in [-0.05, 0) is 36.8 Å². The zero-order valence-corrected chi connectivity index (χ0v) is 20.4. The smallest absolute Gasteiger partial charge is 0.311 e. The lowest BCUT2D eigenvalue weighted by molar-refractivity contribution is -0.134. The van der Waals surface area contributed by atoms with Crippen LogP contribution < -0.4 is 4.74 Å².